The monoisotopic (exact) mass is 298 g/mol. The minimum absolute atomic E-state index is 0.217. The lowest BCUT2D eigenvalue weighted by Crippen LogP contribution is -2.42. The van der Waals surface area contributed by atoms with Crippen molar-refractivity contribution in [3.8, 4) is 0 Å². The molecule has 6 heteroatoms. The smallest absolute Gasteiger partial charge is 0.410 e. The van der Waals surface area contributed by atoms with Gasteiger partial charge in [-0.05, 0) is 53.4 Å². The third-order valence-corrected chi connectivity index (χ3v) is 3.22. The summed E-state index contributed by atoms with van der Waals surface area (Å²) in [6.07, 6.45) is 1.67. The molecular formula is C15H30N4O2. The van der Waals surface area contributed by atoms with Crippen molar-refractivity contribution in [3.63, 3.8) is 0 Å². The molecule has 0 saturated carbocycles. The molecular weight excluding hydrogens is 268 g/mol. The fraction of sp³-hybridized carbons (Fsp3) is 0.867. The highest BCUT2D eigenvalue weighted by Gasteiger charge is 2.26. The maximum absolute atomic E-state index is 12.0. The van der Waals surface area contributed by atoms with E-state index in [1.807, 2.05) is 34.6 Å². The molecule has 3 N–H and O–H groups in total. The highest BCUT2D eigenvalue weighted by molar-refractivity contribution is 5.78. The Balaban J connectivity index is 2.34. The van der Waals surface area contributed by atoms with E-state index in [4.69, 9.17) is 10.5 Å². The van der Waals surface area contributed by atoms with Crippen LogP contribution in [0.25, 0.3) is 0 Å². The van der Waals surface area contributed by atoms with E-state index >= 15 is 0 Å². The average Bonchev–Trinajstić information content (AvgIpc) is 2.34. The predicted molar refractivity (Wildman–Crippen MR) is 85.3 cm³/mol. The highest BCUT2D eigenvalue weighted by Crippen LogP contribution is 2.19. The first-order valence-corrected chi connectivity index (χ1v) is 7.72. The fourth-order valence-corrected chi connectivity index (χ4v) is 2.19. The number of amides is 1. The molecule has 0 unspecified atom stereocenters. The second-order valence-corrected chi connectivity index (χ2v) is 6.94. The number of nitrogens with two attached hydrogens (primary N) is 1. The summed E-state index contributed by atoms with van der Waals surface area (Å²) in [5, 5.41) is 3.08. The van der Waals surface area contributed by atoms with E-state index in [9.17, 15) is 4.79 Å². The van der Waals surface area contributed by atoms with Gasteiger partial charge in [0.05, 0.1) is 0 Å². The Hall–Kier alpha value is -1.46. The largest absolute Gasteiger partial charge is 0.444 e. The molecule has 0 aromatic heterocycles. The maximum Gasteiger partial charge on any atom is 0.410 e. The number of guanidine groups is 1. The zero-order valence-electron chi connectivity index (χ0n) is 14.0. The molecule has 6 nitrogen and oxygen atoms in total. The summed E-state index contributed by atoms with van der Waals surface area (Å²) in [6.45, 7) is 11.9. The Morgan fingerprint density at radius 1 is 1.38 bits per heavy atom. The summed E-state index contributed by atoms with van der Waals surface area (Å²) >= 11 is 0. The first-order chi connectivity index (χ1) is 9.67. The second kappa shape index (κ2) is 7.52. The van der Waals surface area contributed by atoms with Crippen molar-refractivity contribution >= 4 is 12.1 Å². The molecule has 1 fully saturated rings. The molecule has 1 heterocycles. The van der Waals surface area contributed by atoms with Gasteiger partial charge in [0.1, 0.15) is 5.60 Å². The minimum Gasteiger partial charge on any atom is -0.444 e. The first kappa shape index (κ1) is 17.6. The van der Waals surface area contributed by atoms with E-state index in [-0.39, 0.29) is 6.09 Å². The van der Waals surface area contributed by atoms with Crippen LogP contribution in [0.4, 0.5) is 4.79 Å². The van der Waals surface area contributed by atoms with Crippen molar-refractivity contribution in [2.45, 2.75) is 59.1 Å². The number of hydrogen-bond acceptors (Lipinski definition) is 3. The Kier molecular flexibility index (Phi) is 6.30. The number of piperidine rings is 1. The van der Waals surface area contributed by atoms with Crippen LogP contribution in [-0.4, -0.2) is 48.2 Å². The number of hydrogen-bond donors (Lipinski definition) is 2. The lowest BCUT2D eigenvalue weighted by atomic mass is 9.97. The molecule has 0 aromatic rings. The quantitative estimate of drug-likeness (QED) is 0.616. The van der Waals surface area contributed by atoms with Crippen molar-refractivity contribution in [2.24, 2.45) is 16.6 Å². The van der Waals surface area contributed by atoms with Crippen molar-refractivity contribution < 1.29 is 9.53 Å². The summed E-state index contributed by atoms with van der Waals surface area (Å²) in [7, 11) is 0. The van der Waals surface area contributed by atoms with Crippen LogP contribution >= 0.6 is 0 Å². The third-order valence-electron chi connectivity index (χ3n) is 3.22. The number of carbonyl (C=O) groups excluding carboxylic acids is 1. The van der Waals surface area contributed by atoms with Crippen LogP contribution < -0.4 is 11.1 Å². The number of aliphatic imine (C=N–C) groups is 1. The summed E-state index contributed by atoms with van der Waals surface area (Å²) in [6, 6.07) is 0.294. The van der Waals surface area contributed by atoms with Crippen LogP contribution in [0.3, 0.4) is 0 Å². The number of nitrogens with zero attached hydrogens (tertiary/aromatic N) is 2. The van der Waals surface area contributed by atoms with Crippen LogP contribution in [-0.2, 0) is 4.74 Å². The fourth-order valence-electron chi connectivity index (χ4n) is 2.19. The molecule has 0 radical (unpaired) electrons. The molecule has 0 atom stereocenters. The van der Waals surface area contributed by atoms with Gasteiger partial charge in [-0.15, -0.1) is 0 Å². The van der Waals surface area contributed by atoms with E-state index in [0.717, 1.165) is 25.9 Å². The zero-order chi connectivity index (χ0) is 16.0. The molecule has 0 bridgehead atoms. The lowest BCUT2D eigenvalue weighted by molar-refractivity contribution is 0.0187. The Morgan fingerprint density at radius 3 is 2.43 bits per heavy atom. The summed E-state index contributed by atoms with van der Waals surface area (Å²) < 4.78 is 5.38. The maximum atomic E-state index is 12.0. The molecule has 1 aliphatic rings. The van der Waals surface area contributed by atoms with Crippen LogP contribution in [0.1, 0.15) is 47.5 Å². The Labute approximate surface area is 128 Å². The van der Waals surface area contributed by atoms with Crippen LogP contribution in [0, 0.1) is 5.92 Å². The van der Waals surface area contributed by atoms with E-state index in [0.29, 0.717) is 24.5 Å². The average molecular weight is 298 g/mol. The van der Waals surface area contributed by atoms with Crippen molar-refractivity contribution in [2.75, 3.05) is 19.6 Å². The molecule has 0 spiro atoms. The van der Waals surface area contributed by atoms with Gasteiger partial charge >= 0.3 is 6.09 Å². The van der Waals surface area contributed by atoms with Crippen LogP contribution in [0.5, 0.6) is 0 Å². The minimum atomic E-state index is -0.435. The molecule has 0 aliphatic carbocycles. The highest BCUT2D eigenvalue weighted by atomic mass is 16.6. The molecule has 0 aromatic carbocycles. The zero-order valence-corrected chi connectivity index (χ0v) is 14.0. The summed E-state index contributed by atoms with van der Waals surface area (Å²) in [5.74, 6) is 0.982. The number of ether oxygens (including phenoxy) is 1. The Bertz CT molecular complexity index is 366. The van der Waals surface area contributed by atoms with Gasteiger partial charge in [-0.2, -0.15) is 0 Å². The number of likely N-dealkylation sites (tertiary alicyclic amines) is 1. The lowest BCUT2D eigenvalue weighted by Gasteiger charge is -2.33. The van der Waals surface area contributed by atoms with E-state index < -0.39 is 5.60 Å². The number of rotatable bonds is 3. The van der Waals surface area contributed by atoms with Gasteiger partial charge < -0.3 is 20.7 Å². The van der Waals surface area contributed by atoms with Gasteiger partial charge in [0, 0.05) is 25.7 Å². The van der Waals surface area contributed by atoms with E-state index in [1.165, 1.54) is 0 Å². The van der Waals surface area contributed by atoms with Gasteiger partial charge in [-0.25, -0.2) is 4.79 Å². The molecule has 1 amide bonds. The molecule has 1 saturated heterocycles. The van der Waals surface area contributed by atoms with Crippen LogP contribution in [0.2, 0.25) is 0 Å². The summed E-state index contributed by atoms with van der Waals surface area (Å²) in [4.78, 5) is 18.1. The number of carbonyl (C=O) groups is 1. The molecule has 122 valence electrons. The molecule has 1 aliphatic heterocycles. The summed E-state index contributed by atoms with van der Waals surface area (Å²) in [5.41, 5.74) is 5.36. The normalized spacial score (nSPS) is 18.0. The SMILES string of the molecule is CC(C)NC(N)=NCC1CCN(C(=O)OC(C)(C)C)CC1. The predicted octanol–water partition coefficient (Wildman–Crippen LogP) is 1.95. The Morgan fingerprint density at radius 2 is 1.95 bits per heavy atom. The van der Waals surface area contributed by atoms with Crippen LogP contribution in [0.15, 0.2) is 4.99 Å². The van der Waals surface area contributed by atoms with E-state index in [2.05, 4.69) is 10.3 Å². The van der Waals surface area contributed by atoms with E-state index in [1.54, 1.807) is 4.90 Å². The molecule has 21 heavy (non-hydrogen) atoms. The standard InChI is InChI=1S/C15H30N4O2/c1-11(2)18-13(16)17-10-12-6-8-19(9-7-12)14(20)21-15(3,4)5/h11-12H,6-10H2,1-5H3,(H3,16,17,18). The third kappa shape index (κ3) is 7.20. The van der Waals surface area contributed by atoms with Gasteiger partial charge in [-0.1, -0.05) is 0 Å². The number of nitrogens with one attached hydrogen (secondary N) is 1. The van der Waals surface area contributed by atoms with Gasteiger partial charge in [0.15, 0.2) is 5.96 Å². The van der Waals surface area contributed by atoms with Crippen molar-refractivity contribution in [1.29, 1.82) is 0 Å². The first-order valence-electron chi connectivity index (χ1n) is 7.72. The van der Waals surface area contributed by atoms with Gasteiger partial charge in [-0.3, -0.25) is 4.99 Å². The molecule has 1 rings (SSSR count). The van der Waals surface area contributed by atoms with Gasteiger partial charge in [0.2, 0.25) is 0 Å². The van der Waals surface area contributed by atoms with Gasteiger partial charge in [0.25, 0.3) is 0 Å². The van der Waals surface area contributed by atoms with Crippen molar-refractivity contribution in [1.82, 2.24) is 10.2 Å². The topological polar surface area (TPSA) is 80.0 Å². The second-order valence-electron chi connectivity index (χ2n) is 6.94. The van der Waals surface area contributed by atoms with Crippen molar-refractivity contribution in [3.05, 3.63) is 0 Å².